The number of halogens is 1. The highest BCUT2D eigenvalue weighted by molar-refractivity contribution is 7.13. The van der Waals surface area contributed by atoms with Crippen molar-refractivity contribution < 1.29 is 23.5 Å². The van der Waals surface area contributed by atoms with E-state index in [-0.39, 0.29) is 31.2 Å². The van der Waals surface area contributed by atoms with E-state index >= 15 is 0 Å². The highest BCUT2D eigenvalue weighted by Gasteiger charge is 2.53. The molecule has 200 valence electrons. The van der Waals surface area contributed by atoms with Gasteiger partial charge in [-0.1, -0.05) is 32.9 Å². The van der Waals surface area contributed by atoms with Crippen molar-refractivity contribution in [2.45, 2.75) is 77.7 Å². The Balaban J connectivity index is 1.44. The Morgan fingerprint density at radius 1 is 1.30 bits per heavy atom. The first-order chi connectivity index (χ1) is 17.4. The Hall–Kier alpha value is -3.01. The average molecular weight is 531 g/mol. The number of nitrogens with zero attached hydrogens (tertiary/aromatic N) is 2. The Morgan fingerprint density at radius 3 is 2.62 bits per heavy atom. The Kier molecular flexibility index (Phi) is 7.60. The summed E-state index contributed by atoms with van der Waals surface area (Å²) in [5.41, 5.74) is 2.04. The lowest BCUT2D eigenvalue weighted by molar-refractivity contribution is -0.144. The zero-order valence-electron chi connectivity index (χ0n) is 22.0. The molecule has 37 heavy (non-hydrogen) atoms. The summed E-state index contributed by atoms with van der Waals surface area (Å²) in [6.45, 7) is 8.07. The molecule has 2 unspecified atom stereocenters. The number of nitrogens with one attached hydrogen (secondary N) is 2. The largest absolute Gasteiger partial charge is 0.496 e. The van der Waals surface area contributed by atoms with E-state index in [2.05, 4.69) is 15.6 Å². The first-order valence-electron chi connectivity index (χ1n) is 12.6. The van der Waals surface area contributed by atoms with E-state index in [4.69, 9.17) is 4.74 Å². The number of carbonyl (C=O) groups excluding carboxylic acids is 3. The minimum Gasteiger partial charge on any atom is -0.496 e. The quantitative estimate of drug-likeness (QED) is 0.541. The number of aryl methyl sites for hydroxylation is 1. The molecule has 2 fully saturated rings. The van der Waals surface area contributed by atoms with Crippen LogP contribution in [0.5, 0.6) is 5.75 Å². The lowest BCUT2D eigenvalue weighted by Crippen LogP contribution is -2.58. The average Bonchev–Trinajstić information content (AvgIpc) is 3.22. The van der Waals surface area contributed by atoms with E-state index in [1.807, 2.05) is 45.9 Å². The third-order valence-electron chi connectivity index (χ3n) is 7.07. The topological polar surface area (TPSA) is 101 Å². The zero-order valence-corrected chi connectivity index (χ0v) is 22.8. The number of alkyl halides is 1. The molecule has 2 heterocycles. The fourth-order valence-electron chi connectivity index (χ4n) is 4.63. The second-order valence-corrected chi connectivity index (χ2v) is 11.8. The maximum absolute atomic E-state index is 14.3. The van der Waals surface area contributed by atoms with Gasteiger partial charge < -0.3 is 20.3 Å². The molecule has 0 bridgehead atoms. The number of carbonyl (C=O) groups is 3. The SMILES string of the molecule is COc1cc(-c2scnc2C)ccc1CNC(=O)C1CCCN1C(=O)C(NC(=O)C1(F)CC1)C(C)(C)C. The predicted molar refractivity (Wildman–Crippen MR) is 140 cm³/mol. The van der Waals surface area contributed by atoms with Gasteiger partial charge in [0, 0.05) is 18.7 Å². The van der Waals surface area contributed by atoms with Crippen molar-refractivity contribution in [3.63, 3.8) is 0 Å². The molecule has 1 saturated heterocycles. The number of amides is 3. The maximum Gasteiger partial charge on any atom is 0.258 e. The zero-order chi connectivity index (χ0) is 27.0. The molecule has 1 saturated carbocycles. The number of rotatable bonds is 8. The molecular weight excluding hydrogens is 495 g/mol. The van der Waals surface area contributed by atoms with Crippen LogP contribution in [-0.2, 0) is 20.9 Å². The molecule has 8 nitrogen and oxygen atoms in total. The summed E-state index contributed by atoms with van der Waals surface area (Å²) in [7, 11) is 1.59. The van der Waals surface area contributed by atoms with Gasteiger partial charge in [-0.05, 0) is 49.7 Å². The van der Waals surface area contributed by atoms with Gasteiger partial charge >= 0.3 is 0 Å². The third-order valence-corrected chi connectivity index (χ3v) is 8.05. The first-order valence-corrected chi connectivity index (χ1v) is 13.5. The summed E-state index contributed by atoms with van der Waals surface area (Å²) in [6.07, 6.45) is 1.55. The smallest absolute Gasteiger partial charge is 0.258 e. The van der Waals surface area contributed by atoms with Gasteiger partial charge in [0.1, 0.15) is 17.8 Å². The van der Waals surface area contributed by atoms with Crippen LogP contribution < -0.4 is 15.4 Å². The number of thiazole rings is 1. The Morgan fingerprint density at radius 2 is 2.03 bits per heavy atom. The molecule has 10 heteroatoms. The van der Waals surface area contributed by atoms with Crippen molar-refractivity contribution in [3.8, 4) is 16.2 Å². The number of aromatic nitrogens is 1. The van der Waals surface area contributed by atoms with Crippen molar-refractivity contribution in [1.29, 1.82) is 0 Å². The molecule has 1 aromatic carbocycles. The van der Waals surface area contributed by atoms with Crippen LogP contribution in [0.15, 0.2) is 23.7 Å². The molecule has 1 aliphatic heterocycles. The summed E-state index contributed by atoms with van der Waals surface area (Å²) in [5, 5.41) is 5.58. The van der Waals surface area contributed by atoms with Gasteiger partial charge in [-0.3, -0.25) is 14.4 Å². The van der Waals surface area contributed by atoms with Gasteiger partial charge in [-0.25, -0.2) is 9.37 Å². The minimum absolute atomic E-state index is 0.174. The maximum atomic E-state index is 14.3. The molecule has 0 radical (unpaired) electrons. The van der Waals surface area contributed by atoms with Gasteiger partial charge in [0.25, 0.3) is 5.91 Å². The molecule has 2 aromatic rings. The van der Waals surface area contributed by atoms with Crippen LogP contribution >= 0.6 is 11.3 Å². The summed E-state index contributed by atoms with van der Waals surface area (Å²) in [4.78, 5) is 46.0. The highest BCUT2D eigenvalue weighted by atomic mass is 32.1. The summed E-state index contributed by atoms with van der Waals surface area (Å²) in [6, 6.07) is 4.25. The van der Waals surface area contributed by atoms with E-state index in [0.29, 0.717) is 25.1 Å². The second-order valence-electron chi connectivity index (χ2n) is 10.9. The lowest BCUT2D eigenvalue weighted by atomic mass is 9.85. The number of benzene rings is 1. The number of hydrogen-bond donors (Lipinski definition) is 2. The second kappa shape index (κ2) is 10.4. The number of ether oxygens (including phenoxy) is 1. The molecule has 2 aliphatic rings. The van der Waals surface area contributed by atoms with Gasteiger partial charge in [0.05, 0.1) is 23.2 Å². The van der Waals surface area contributed by atoms with Crippen molar-refractivity contribution in [2.24, 2.45) is 5.41 Å². The molecule has 4 rings (SSSR count). The van der Waals surface area contributed by atoms with E-state index in [0.717, 1.165) is 21.7 Å². The van der Waals surface area contributed by atoms with Gasteiger partial charge in [0.15, 0.2) is 5.67 Å². The Bertz CT molecular complexity index is 1190. The van der Waals surface area contributed by atoms with Gasteiger partial charge in [-0.15, -0.1) is 11.3 Å². The summed E-state index contributed by atoms with van der Waals surface area (Å²) >= 11 is 1.56. The fraction of sp³-hybridized carbons (Fsp3) is 0.556. The van der Waals surface area contributed by atoms with E-state index < -0.39 is 29.1 Å². The molecule has 1 aliphatic carbocycles. The van der Waals surface area contributed by atoms with Crippen LogP contribution in [-0.4, -0.2) is 59.0 Å². The molecule has 1 aromatic heterocycles. The van der Waals surface area contributed by atoms with Crippen molar-refractivity contribution in [3.05, 3.63) is 35.0 Å². The Labute approximate surface area is 221 Å². The minimum atomic E-state index is -1.88. The van der Waals surface area contributed by atoms with Crippen LogP contribution in [0.4, 0.5) is 4.39 Å². The van der Waals surface area contributed by atoms with Crippen LogP contribution in [0.25, 0.3) is 10.4 Å². The molecular formula is C27H35FN4O4S. The van der Waals surface area contributed by atoms with Crippen molar-refractivity contribution >= 4 is 29.1 Å². The first kappa shape index (κ1) is 27.0. The standard InChI is InChI=1S/C27H35FN4O4S/c1-16-21(37-15-30-16)17-8-9-18(20(13-17)36-5)14-29-23(33)19-7-6-12-32(19)24(34)22(26(2,3)4)31-25(35)27(28)10-11-27/h8-9,13,15,19,22H,6-7,10-12,14H2,1-5H3,(H,29,33)(H,31,35). The highest BCUT2D eigenvalue weighted by Crippen LogP contribution is 2.40. The van der Waals surface area contributed by atoms with Crippen LogP contribution in [0.2, 0.25) is 0 Å². The number of likely N-dealkylation sites (tertiary alicyclic amines) is 1. The summed E-state index contributed by atoms with van der Waals surface area (Å²) < 4.78 is 19.9. The number of methoxy groups -OCH3 is 1. The number of hydrogen-bond acceptors (Lipinski definition) is 6. The predicted octanol–water partition coefficient (Wildman–Crippen LogP) is 3.77. The monoisotopic (exact) mass is 530 g/mol. The molecule has 2 N–H and O–H groups in total. The van der Waals surface area contributed by atoms with E-state index in [9.17, 15) is 18.8 Å². The van der Waals surface area contributed by atoms with Crippen LogP contribution in [0.3, 0.4) is 0 Å². The third kappa shape index (κ3) is 5.79. The van der Waals surface area contributed by atoms with Crippen LogP contribution in [0.1, 0.15) is 57.7 Å². The van der Waals surface area contributed by atoms with Gasteiger partial charge in [-0.2, -0.15) is 0 Å². The normalized spacial score (nSPS) is 19.3. The molecule has 3 amide bonds. The summed E-state index contributed by atoms with van der Waals surface area (Å²) in [5.74, 6) is -0.714. The van der Waals surface area contributed by atoms with Crippen LogP contribution in [0, 0.1) is 12.3 Å². The van der Waals surface area contributed by atoms with E-state index in [1.165, 1.54) is 4.90 Å². The van der Waals surface area contributed by atoms with Crippen molar-refractivity contribution in [2.75, 3.05) is 13.7 Å². The van der Waals surface area contributed by atoms with Crippen molar-refractivity contribution in [1.82, 2.24) is 20.5 Å². The molecule has 2 atom stereocenters. The van der Waals surface area contributed by atoms with Gasteiger partial charge in [0.2, 0.25) is 11.8 Å². The lowest BCUT2D eigenvalue weighted by Gasteiger charge is -2.35. The molecule has 0 spiro atoms. The fourth-order valence-corrected chi connectivity index (χ4v) is 5.43. The van der Waals surface area contributed by atoms with E-state index in [1.54, 1.807) is 24.0 Å².